The van der Waals surface area contributed by atoms with E-state index >= 15 is 0 Å². The van der Waals surface area contributed by atoms with Crippen LogP contribution >= 0.6 is 22.6 Å². The second kappa shape index (κ2) is 9.67. The first-order valence-electron chi connectivity index (χ1n) is 9.24. The molecular weight excluding hydrogens is 521 g/mol. The predicted molar refractivity (Wildman–Crippen MR) is 124 cm³/mol. The van der Waals surface area contributed by atoms with E-state index < -0.39 is 20.6 Å². The third kappa shape index (κ3) is 4.71. The topological polar surface area (TPSA) is 103 Å². The lowest BCUT2D eigenvalue weighted by atomic mass is 10.2. The van der Waals surface area contributed by atoms with Crippen molar-refractivity contribution in [2.75, 3.05) is 17.5 Å². The van der Waals surface area contributed by atoms with Gasteiger partial charge in [-0.25, -0.2) is 8.42 Å². The van der Waals surface area contributed by atoms with Crippen LogP contribution in [0.25, 0.3) is 10.8 Å². The van der Waals surface area contributed by atoms with Crippen LogP contribution in [0.5, 0.6) is 0 Å². The highest BCUT2D eigenvalue weighted by Gasteiger charge is 2.31. The molecule has 158 valence electrons. The second-order valence-electron chi connectivity index (χ2n) is 6.57. The minimum absolute atomic E-state index is 0.0310. The molecule has 3 rings (SSSR count). The third-order valence-electron chi connectivity index (χ3n) is 4.70. The Morgan fingerprint density at radius 2 is 1.73 bits per heavy atom. The quantitative estimate of drug-likeness (QED) is 0.179. The number of hydrogen-bond acceptors (Lipinski definition) is 5. The summed E-state index contributed by atoms with van der Waals surface area (Å²) in [5.41, 5.74) is -0.662. The number of halogens is 1. The second-order valence-corrected chi connectivity index (χ2v) is 9.56. The minimum atomic E-state index is -4.10. The van der Waals surface area contributed by atoms with Crippen molar-refractivity contribution in [2.24, 2.45) is 0 Å². The van der Waals surface area contributed by atoms with Crippen molar-refractivity contribution in [3.8, 4) is 0 Å². The van der Waals surface area contributed by atoms with Gasteiger partial charge in [-0.2, -0.15) is 4.31 Å². The molecule has 0 bridgehead atoms. The normalized spacial score (nSPS) is 11.8. The van der Waals surface area contributed by atoms with E-state index in [0.29, 0.717) is 11.8 Å². The molecule has 0 aliphatic carbocycles. The maximum absolute atomic E-state index is 13.2. The van der Waals surface area contributed by atoms with Crippen LogP contribution in [0.4, 0.5) is 5.69 Å². The van der Waals surface area contributed by atoms with Gasteiger partial charge in [0.2, 0.25) is 10.0 Å². The molecule has 3 aromatic rings. The van der Waals surface area contributed by atoms with Gasteiger partial charge in [0, 0.05) is 41.7 Å². The first kappa shape index (κ1) is 22.4. The number of alkyl halides is 1. The molecule has 1 heterocycles. The molecule has 0 N–H and O–H groups in total. The van der Waals surface area contributed by atoms with Crippen molar-refractivity contribution in [3.63, 3.8) is 0 Å². The summed E-state index contributed by atoms with van der Waals surface area (Å²) in [7, 11) is -4.10. The smallest absolute Gasteiger partial charge is 0.289 e. The first-order chi connectivity index (χ1) is 14.4. The Morgan fingerprint density at radius 3 is 2.47 bits per heavy atom. The zero-order valence-electron chi connectivity index (χ0n) is 16.0. The number of nitro groups is 1. The molecule has 0 saturated heterocycles. The number of fused-ring (bicyclic) bond motifs is 1. The summed E-state index contributed by atoms with van der Waals surface area (Å²) in [5.74, 6) is 0. The molecule has 0 aliphatic heterocycles. The van der Waals surface area contributed by atoms with Crippen molar-refractivity contribution in [1.29, 1.82) is 0 Å². The molecule has 0 radical (unpaired) electrons. The van der Waals surface area contributed by atoms with E-state index in [1.807, 2.05) is 18.2 Å². The van der Waals surface area contributed by atoms with E-state index in [1.165, 1.54) is 33.1 Å². The third-order valence-corrected chi connectivity index (χ3v) is 7.41. The van der Waals surface area contributed by atoms with Crippen LogP contribution < -0.4 is 5.56 Å². The Hall–Kier alpha value is -2.31. The predicted octanol–water partition coefficient (Wildman–Crippen LogP) is 3.43. The van der Waals surface area contributed by atoms with Crippen LogP contribution in [-0.2, 0) is 16.6 Å². The number of aromatic nitrogens is 1. The molecular formula is C20H20IN3O5S. The lowest BCUT2D eigenvalue weighted by Gasteiger charge is -2.22. The number of hydrogen-bond donors (Lipinski definition) is 0. The highest BCUT2D eigenvalue weighted by Crippen LogP contribution is 2.26. The number of rotatable bonds is 9. The summed E-state index contributed by atoms with van der Waals surface area (Å²) in [6, 6.07) is 14.3. The summed E-state index contributed by atoms with van der Waals surface area (Å²) in [4.78, 5) is 23.0. The molecule has 1 aromatic heterocycles. The number of para-hydroxylation sites is 1. The van der Waals surface area contributed by atoms with Crippen molar-refractivity contribution < 1.29 is 13.3 Å². The molecule has 8 nitrogen and oxygen atoms in total. The number of sulfonamides is 1. The van der Waals surface area contributed by atoms with Crippen LogP contribution in [0, 0.1) is 10.1 Å². The van der Waals surface area contributed by atoms with Crippen molar-refractivity contribution in [1.82, 2.24) is 8.87 Å². The largest absolute Gasteiger partial charge is 0.314 e. The van der Waals surface area contributed by atoms with E-state index in [1.54, 1.807) is 18.3 Å². The van der Waals surface area contributed by atoms with E-state index in [9.17, 15) is 23.3 Å². The van der Waals surface area contributed by atoms with Gasteiger partial charge < -0.3 is 4.57 Å². The average molecular weight is 541 g/mol. The maximum Gasteiger partial charge on any atom is 0.289 e. The summed E-state index contributed by atoms with van der Waals surface area (Å²) in [6.07, 6.45) is 2.23. The Kier molecular flexibility index (Phi) is 7.21. The van der Waals surface area contributed by atoms with Crippen LogP contribution in [0.15, 0.2) is 70.5 Å². The van der Waals surface area contributed by atoms with Gasteiger partial charge >= 0.3 is 0 Å². The molecule has 0 amide bonds. The van der Waals surface area contributed by atoms with Crippen LogP contribution in [-0.4, -0.2) is 39.7 Å². The molecule has 0 fully saturated rings. The van der Waals surface area contributed by atoms with Crippen molar-refractivity contribution in [3.05, 3.63) is 81.3 Å². The van der Waals surface area contributed by atoms with Gasteiger partial charge in [-0.05, 0) is 30.0 Å². The molecule has 0 atom stereocenters. The van der Waals surface area contributed by atoms with Crippen LogP contribution in [0.3, 0.4) is 0 Å². The van der Waals surface area contributed by atoms with Gasteiger partial charge in [0.15, 0.2) is 4.90 Å². The number of benzene rings is 2. The molecule has 10 heteroatoms. The Labute approximate surface area is 187 Å². The SMILES string of the molecule is O=c1c2ccccc2ccn1CCN(CCCI)S(=O)(=O)c1ccccc1[N+](=O)[O-]. The number of pyridine rings is 1. The Bertz CT molecular complexity index is 1230. The van der Waals surface area contributed by atoms with Crippen molar-refractivity contribution in [2.45, 2.75) is 17.9 Å². The fourth-order valence-electron chi connectivity index (χ4n) is 3.18. The van der Waals surface area contributed by atoms with Gasteiger partial charge in [-0.1, -0.05) is 52.9 Å². The van der Waals surface area contributed by atoms with E-state index in [-0.39, 0.29) is 30.1 Å². The van der Waals surface area contributed by atoms with Gasteiger partial charge in [0.25, 0.3) is 11.2 Å². The van der Waals surface area contributed by atoms with Crippen LogP contribution in [0.1, 0.15) is 6.42 Å². The fraction of sp³-hybridized carbons (Fsp3) is 0.250. The minimum Gasteiger partial charge on any atom is -0.314 e. The Balaban J connectivity index is 1.93. The van der Waals surface area contributed by atoms with Gasteiger partial charge in [-0.3, -0.25) is 14.9 Å². The molecule has 0 saturated carbocycles. The van der Waals surface area contributed by atoms with Gasteiger partial charge in [0.1, 0.15) is 0 Å². The molecule has 0 aliphatic rings. The number of nitrogens with zero attached hydrogens (tertiary/aromatic N) is 3. The molecule has 0 spiro atoms. The molecule has 2 aromatic carbocycles. The van der Waals surface area contributed by atoms with Crippen LogP contribution in [0.2, 0.25) is 0 Å². The van der Waals surface area contributed by atoms with Gasteiger partial charge in [0.05, 0.1) is 4.92 Å². The van der Waals surface area contributed by atoms with E-state index in [2.05, 4.69) is 22.6 Å². The number of nitro benzene ring substituents is 1. The summed E-state index contributed by atoms with van der Waals surface area (Å²) < 4.78 is 29.8. The highest BCUT2D eigenvalue weighted by molar-refractivity contribution is 14.1. The van der Waals surface area contributed by atoms with Crippen molar-refractivity contribution >= 4 is 49.1 Å². The monoisotopic (exact) mass is 541 g/mol. The van der Waals surface area contributed by atoms with E-state index in [0.717, 1.165) is 9.81 Å². The zero-order valence-corrected chi connectivity index (χ0v) is 19.0. The average Bonchev–Trinajstić information content (AvgIpc) is 2.75. The summed E-state index contributed by atoms with van der Waals surface area (Å²) >= 11 is 2.15. The standard InChI is InChI=1S/C20H20IN3O5S/c21-11-5-12-23(30(28,29)19-9-4-3-8-18(19)24(26)27)15-14-22-13-10-16-6-1-2-7-17(16)20(22)25/h1-4,6-10,13H,5,11-12,14-15H2. The fourth-order valence-corrected chi connectivity index (χ4v) is 5.15. The van der Waals surface area contributed by atoms with Gasteiger partial charge in [-0.15, -0.1) is 0 Å². The summed E-state index contributed by atoms with van der Waals surface area (Å²) in [5, 5.41) is 12.7. The molecule has 30 heavy (non-hydrogen) atoms. The van der Waals surface area contributed by atoms with E-state index in [4.69, 9.17) is 0 Å². The lowest BCUT2D eigenvalue weighted by molar-refractivity contribution is -0.387. The summed E-state index contributed by atoms with van der Waals surface area (Å²) in [6.45, 7) is 0.383. The first-order valence-corrected chi connectivity index (χ1v) is 12.2. The molecule has 0 unspecified atom stereocenters. The maximum atomic E-state index is 13.2. The highest BCUT2D eigenvalue weighted by atomic mass is 127. The zero-order chi connectivity index (χ0) is 21.7. The Morgan fingerprint density at radius 1 is 1.03 bits per heavy atom. The lowest BCUT2D eigenvalue weighted by Crippen LogP contribution is -2.36.